The number of methoxy groups -OCH3 is 2. The molecule has 1 aliphatic carbocycles. The van der Waals surface area contributed by atoms with Crippen molar-refractivity contribution in [1.29, 1.82) is 0 Å². The minimum absolute atomic E-state index is 0. The lowest BCUT2D eigenvalue weighted by Gasteiger charge is -2.44. The Labute approximate surface area is 186 Å². The third-order valence-electron chi connectivity index (χ3n) is 5.85. The molecule has 0 radical (unpaired) electrons. The van der Waals surface area contributed by atoms with E-state index in [0.29, 0.717) is 13.0 Å². The third kappa shape index (κ3) is 5.67. The molecular formula is C24H34ClNO4. The zero-order valence-electron chi connectivity index (χ0n) is 18.3. The highest BCUT2D eigenvalue weighted by Crippen LogP contribution is 2.46. The van der Waals surface area contributed by atoms with Crippen LogP contribution in [0.4, 0.5) is 0 Å². The molecule has 1 saturated carbocycles. The van der Waals surface area contributed by atoms with E-state index < -0.39 is 5.60 Å². The van der Waals surface area contributed by atoms with Crippen LogP contribution < -0.4 is 9.47 Å². The van der Waals surface area contributed by atoms with Gasteiger partial charge in [-0.15, -0.1) is 12.4 Å². The Bertz CT molecular complexity index is 800. The Morgan fingerprint density at radius 1 is 1.07 bits per heavy atom. The van der Waals surface area contributed by atoms with E-state index in [1.54, 1.807) is 14.2 Å². The summed E-state index contributed by atoms with van der Waals surface area (Å²) in [7, 11) is 7.42. The van der Waals surface area contributed by atoms with Crippen molar-refractivity contribution in [3.8, 4) is 11.5 Å². The molecule has 0 bridgehead atoms. The molecule has 3 unspecified atom stereocenters. The summed E-state index contributed by atoms with van der Waals surface area (Å²) >= 11 is 0. The topological polar surface area (TPSA) is 51.2 Å². The van der Waals surface area contributed by atoms with Gasteiger partial charge in [-0.1, -0.05) is 30.3 Å². The summed E-state index contributed by atoms with van der Waals surface area (Å²) in [6.07, 6.45) is 2.37. The molecule has 2 aromatic rings. The Hall–Kier alpha value is -1.79. The summed E-state index contributed by atoms with van der Waals surface area (Å²) in [4.78, 5) is 2.13. The predicted molar refractivity (Wildman–Crippen MR) is 122 cm³/mol. The molecule has 0 amide bonds. The first-order chi connectivity index (χ1) is 14.0. The van der Waals surface area contributed by atoms with Gasteiger partial charge in [-0.3, -0.25) is 0 Å². The van der Waals surface area contributed by atoms with Crippen LogP contribution in [0.1, 0.15) is 30.4 Å². The van der Waals surface area contributed by atoms with E-state index in [1.807, 2.05) is 62.6 Å². The first kappa shape index (κ1) is 24.5. The van der Waals surface area contributed by atoms with Gasteiger partial charge in [-0.05, 0) is 57.1 Å². The third-order valence-corrected chi connectivity index (χ3v) is 5.85. The fourth-order valence-corrected chi connectivity index (χ4v) is 4.37. The standard InChI is InChI=1S/C24H33NO4.ClH/c1-25(2)16-19-15-21(29-17-18-8-7-9-20(14-18)27-3)12-13-24(19,26)22-10-5-6-11-23(22)28-4;/h5-11,14,19,21,26H,12-13,15-17H2,1-4H3;1H. The monoisotopic (exact) mass is 435 g/mol. The fourth-order valence-electron chi connectivity index (χ4n) is 4.37. The van der Waals surface area contributed by atoms with Crippen molar-refractivity contribution in [2.24, 2.45) is 5.92 Å². The van der Waals surface area contributed by atoms with Gasteiger partial charge in [0, 0.05) is 18.0 Å². The van der Waals surface area contributed by atoms with Crippen LogP contribution in [0.3, 0.4) is 0 Å². The van der Waals surface area contributed by atoms with Crippen LogP contribution >= 0.6 is 12.4 Å². The Morgan fingerprint density at radius 3 is 2.53 bits per heavy atom. The van der Waals surface area contributed by atoms with Crippen molar-refractivity contribution < 1.29 is 19.3 Å². The molecule has 6 heteroatoms. The molecular weight excluding hydrogens is 402 g/mol. The number of aliphatic hydroxyl groups is 1. The summed E-state index contributed by atoms with van der Waals surface area (Å²) in [5.41, 5.74) is 1.05. The van der Waals surface area contributed by atoms with Gasteiger partial charge < -0.3 is 24.2 Å². The average Bonchev–Trinajstić information content (AvgIpc) is 2.74. The lowest BCUT2D eigenvalue weighted by Crippen LogP contribution is -2.47. The fraction of sp³-hybridized carbons (Fsp3) is 0.500. The van der Waals surface area contributed by atoms with E-state index >= 15 is 0 Å². The quantitative estimate of drug-likeness (QED) is 0.671. The normalized spacial score (nSPS) is 23.7. The number of rotatable bonds is 8. The van der Waals surface area contributed by atoms with Crippen LogP contribution in [0.5, 0.6) is 11.5 Å². The highest BCUT2D eigenvalue weighted by atomic mass is 35.5. The van der Waals surface area contributed by atoms with E-state index in [-0.39, 0.29) is 24.4 Å². The summed E-state index contributed by atoms with van der Waals surface area (Å²) in [6.45, 7) is 1.33. The van der Waals surface area contributed by atoms with Crippen LogP contribution in [0.25, 0.3) is 0 Å². The first-order valence-electron chi connectivity index (χ1n) is 10.2. The van der Waals surface area contributed by atoms with E-state index in [0.717, 1.165) is 42.0 Å². The maximum Gasteiger partial charge on any atom is 0.124 e. The number of hydrogen-bond acceptors (Lipinski definition) is 5. The van der Waals surface area contributed by atoms with Crippen molar-refractivity contribution in [1.82, 2.24) is 4.90 Å². The molecule has 0 spiro atoms. The second-order valence-corrected chi connectivity index (χ2v) is 8.14. The van der Waals surface area contributed by atoms with Crippen LogP contribution in [-0.4, -0.2) is 51.0 Å². The van der Waals surface area contributed by atoms with Crippen molar-refractivity contribution in [3.05, 3.63) is 59.7 Å². The number of nitrogens with zero attached hydrogens (tertiary/aromatic N) is 1. The minimum atomic E-state index is -0.924. The molecule has 3 rings (SSSR count). The van der Waals surface area contributed by atoms with Crippen LogP contribution in [0.15, 0.2) is 48.5 Å². The summed E-state index contributed by atoms with van der Waals surface area (Å²) in [5.74, 6) is 1.64. The van der Waals surface area contributed by atoms with E-state index in [2.05, 4.69) is 4.90 Å². The number of para-hydroxylation sites is 1. The summed E-state index contributed by atoms with van der Waals surface area (Å²) < 4.78 is 17.1. The highest BCUT2D eigenvalue weighted by Gasteiger charge is 2.45. The van der Waals surface area contributed by atoms with Gasteiger partial charge >= 0.3 is 0 Å². The van der Waals surface area contributed by atoms with Crippen molar-refractivity contribution in [3.63, 3.8) is 0 Å². The number of hydrogen-bond donors (Lipinski definition) is 1. The second-order valence-electron chi connectivity index (χ2n) is 8.14. The molecule has 0 aliphatic heterocycles. The molecule has 5 nitrogen and oxygen atoms in total. The van der Waals surface area contributed by atoms with Gasteiger partial charge in [-0.25, -0.2) is 0 Å². The SMILES string of the molecule is COc1cccc(COC2CCC(O)(c3ccccc3OC)C(CN(C)C)C2)c1.Cl. The zero-order valence-corrected chi connectivity index (χ0v) is 19.2. The smallest absolute Gasteiger partial charge is 0.124 e. The Morgan fingerprint density at radius 2 is 1.83 bits per heavy atom. The van der Waals surface area contributed by atoms with Gasteiger partial charge in [0.2, 0.25) is 0 Å². The molecule has 166 valence electrons. The van der Waals surface area contributed by atoms with Crippen molar-refractivity contribution in [2.75, 3.05) is 34.9 Å². The molecule has 0 saturated heterocycles. The average molecular weight is 436 g/mol. The maximum atomic E-state index is 11.8. The highest BCUT2D eigenvalue weighted by molar-refractivity contribution is 5.85. The van der Waals surface area contributed by atoms with E-state index in [9.17, 15) is 5.11 Å². The lowest BCUT2D eigenvalue weighted by atomic mass is 9.70. The Balaban J connectivity index is 0.00000320. The van der Waals surface area contributed by atoms with Crippen molar-refractivity contribution in [2.45, 2.75) is 37.6 Å². The number of benzene rings is 2. The summed E-state index contributed by atoms with van der Waals surface area (Å²) in [5, 5.41) is 11.8. The Kier molecular flexibility index (Phi) is 8.98. The molecule has 1 N–H and O–H groups in total. The van der Waals surface area contributed by atoms with Gasteiger partial charge in [0.1, 0.15) is 11.5 Å². The second kappa shape index (κ2) is 11.0. The first-order valence-corrected chi connectivity index (χ1v) is 10.2. The van der Waals surface area contributed by atoms with E-state index in [4.69, 9.17) is 14.2 Å². The number of halogens is 1. The molecule has 3 atom stereocenters. The molecule has 0 aromatic heterocycles. The number of ether oxygens (including phenoxy) is 3. The van der Waals surface area contributed by atoms with Gasteiger partial charge in [-0.2, -0.15) is 0 Å². The summed E-state index contributed by atoms with van der Waals surface area (Å²) in [6, 6.07) is 15.8. The zero-order chi connectivity index (χ0) is 20.9. The van der Waals surface area contributed by atoms with Gasteiger partial charge in [0.05, 0.1) is 32.5 Å². The lowest BCUT2D eigenvalue weighted by molar-refractivity contribution is -0.111. The van der Waals surface area contributed by atoms with Crippen molar-refractivity contribution >= 4 is 12.4 Å². The molecule has 2 aromatic carbocycles. The predicted octanol–water partition coefficient (Wildman–Crippen LogP) is 4.26. The van der Waals surface area contributed by atoms with Gasteiger partial charge in [0.15, 0.2) is 0 Å². The van der Waals surface area contributed by atoms with Crippen LogP contribution in [0, 0.1) is 5.92 Å². The minimum Gasteiger partial charge on any atom is -0.497 e. The molecule has 1 aliphatic rings. The molecule has 0 heterocycles. The largest absolute Gasteiger partial charge is 0.497 e. The van der Waals surface area contributed by atoms with Crippen LogP contribution in [-0.2, 0) is 16.9 Å². The molecule has 30 heavy (non-hydrogen) atoms. The maximum absolute atomic E-state index is 11.8. The van der Waals surface area contributed by atoms with E-state index in [1.165, 1.54) is 0 Å². The molecule has 1 fully saturated rings. The van der Waals surface area contributed by atoms with Gasteiger partial charge in [0.25, 0.3) is 0 Å². The van der Waals surface area contributed by atoms with Crippen LogP contribution in [0.2, 0.25) is 0 Å².